The van der Waals surface area contributed by atoms with Gasteiger partial charge in [-0.3, -0.25) is 0 Å². The molecule has 0 spiro atoms. The standard InChI is InChI=1S/C7H5ClN2O.2ClH/c8-5-3-6(11)7-9-1-2-10(7)4-5;;/h1-4,11H;2*1H. The first-order chi connectivity index (χ1) is 5.27. The molecule has 3 nitrogen and oxygen atoms in total. The van der Waals surface area contributed by atoms with Gasteiger partial charge in [0.2, 0.25) is 0 Å². The zero-order valence-electron chi connectivity index (χ0n) is 6.35. The average molecular weight is 242 g/mol. The van der Waals surface area contributed by atoms with E-state index in [1.165, 1.54) is 6.07 Å². The summed E-state index contributed by atoms with van der Waals surface area (Å²) in [5.74, 6) is 0.0995. The molecule has 6 heteroatoms. The molecule has 0 amide bonds. The number of hydrogen-bond acceptors (Lipinski definition) is 2. The summed E-state index contributed by atoms with van der Waals surface area (Å²) in [7, 11) is 0. The van der Waals surface area contributed by atoms with Crippen molar-refractivity contribution in [2.24, 2.45) is 0 Å². The summed E-state index contributed by atoms with van der Waals surface area (Å²) in [5, 5.41) is 9.77. The molecule has 0 aliphatic heterocycles. The third kappa shape index (κ3) is 2.18. The van der Waals surface area contributed by atoms with E-state index < -0.39 is 0 Å². The van der Waals surface area contributed by atoms with E-state index in [1.54, 1.807) is 23.0 Å². The lowest BCUT2D eigenvalue weighted by atomic mass is 10.4. The molecule has 13 heavy (non-hydrogen) atoms. The topological polar surface area (TPSA) is 37.5 Å². The van der Waals surface area contributed by atoms with Crippen LogP contribution in [-0.4, -0.2) is 14.5 Å². The van der Waals surface area contributed by atoms with Crippen LogP contribution in [0, 0.1) is 0 Å². The van der Waals surface area contributed by atoms with Gasteiger partial charge in [0, 0.05) is 24.7 Å². The first kappa shape index (κ1) is 12.4. The van der Waals surface area contributed by atoms with Crippen molar-refractivity contribution in [3.05, 3.63) is 29.7 Å². The number of rotatable bonds is 0. The Bertz CT molecular complexity index is 402. The predicted molar refractivity (Wildman–Crippen MR) is 56.4 cm³/mol. The fourth-order valence-electron chi connectivity index (χ4n) is 0.981. The van der Waals surface area contributed by atoms with E-state index in [4.69, 9.17) is 11.6 Å². The van der Waals surface area contributed by atoms with E-state index >= 15 is 0 Å². The summed E-state index contributed by atoms with van der Waals surface area (Å²) in [4.78, 5) is 3.91. The van der Waals surface area contributed by atoms with Crippen LogP contribution in [0.2, 0.25) is 5.02 Å². The largest absolute Gasteiger partial charge is 0.504 e. The SMILES string of the molecule is Cl.Cl.Oc1cc(Cl)cn2ccnc12. The van der Waals surface area contributed by atoms with Crippen molar-refractivity contribution < 1.29 is 5.11 Å². The molecule has 72 valence electrons. The monoisotopic (exact) mass is 240 g/mol. The van der Waals surface area contributed by atoms with Crippen molar-refractivity contribution in [2.75, 3.05) is 0 Å². The van der Waals surface area contributed by atoms with Crippen molar-refractivity contribution in [2.45, 2.75) is 0 Å². The van der Waals surface area contributed by atoms with Crippen LogP contribution in [0.3, 0.4) is 0 Å². The minimum Gasteiger partial charge on any atom is -0.504 e. The molecule has 0 atom stereocenters. The van der Waals surface area contributed by atoms with Gasteiger partial charge in [0.15, 0.2) is 11.4 Å². The zero-order valence-corrected chi connectivity index (χ0v) is 8.73. The molecular weight excluding hydrogens is 234 g/mol. The maximum absolute atomic E-state index is 9.27. The van der Waals surface area contributed by atoms with Gasteiger partial charge < -0.3 is 9.51 Å². The Kier molecular flexibility index (Phi) is 4.33. The van der Waals surface area contributed by atoms with E-state index in [0.29, 0.717) is 10.7 Å². The maximum Gasteiger partial charge on any atom is 0.179 e. The number of imidazole rings is 1. The number of pyridine rings is 1. The number of nitrogens with zero attached hydrogens (tertiary/aromatic N) is 2. The van der Waals surface area contributed by atoms with Crippen molar-refractivity contribution >= 4 is 42.1 Å². The van der Waals surface area contributed by atoms with E-state index in [1.807, 2.05) is 0 Å². The summed E-state index contributed by atoms with van der Waals surface area (Å²) < 4.78 is 1.66. The average Bonchev–Trinajstić information content (AvgIpc) is 2.34. The van der Waals surface area contributed by atoms with Crippen molar-refractivity contribution in [1.29, 1.82) is 0 Å². The second-order valence-electron chi connectivity index (χ2n) is 2.20. The number of hydrogen-bond donors (Lipinski definition) is 1. The van der Waals surface area contributed by atoms with Gasteiger partial charge in [-0.05, 0) is 0 Å². The lowest BCUT2D eigenvalue weighted by Gasteiger charge is -1.96. The van der Waals surface area contributed by atoms with Crippen LogP contribution >= 0.6 is 36.4 Å². The minimum atomic E-state index is 0. The molecule has 0 aliphatic carbocycles. The van der Waals surface area contributed by atoms with Gasteiger partial charge in [0.25, 0.3) is 0 Å². The van der Waals surface area contributed by atoms with Crippen LogP contribution in [0.25, 0.3) is 5.65 Å². The lowest BCUT2D eigenvalue weighted by Crippen LogP contribution is -1.82. The Balaban J connectivity index is 0.000000720. The number of aromatic nitrogens is 2. The Morgan fingerprint density at radius 1 is 1.38 bits per heavy atom. The predicted octanol–water partition coefficient (Wildman–Crippen LogP) is 2.54. The Labute approximate surface area is 92.2 Å². The van der Waals surface area contributed by atoms with Crippen LogP contribution in [0.5, 0.6) is 5.75 Å². The van der Waals surface area contributed by atoms with Gasteiger partial charge in [-0.2, -0.15) is 0 Å². The van der Waals surface area contributed by atoms with Gasteiger partial charge in [-0.1, -0.05) is 11.6 Å². The highest BCUT2D eigenvalue weighted by atomic mass is 35.5. The van der Waals surface area contributed by atoms with Crippen molar-refractivity contribution in [1.82, 2.24) is 9.38 Å². The fourth-order valence-corrected chi connectivity index (χ4v) is 1.19. The van der Waals surface area contributed by atoms with Crippen LogP contribution in [-0.2, 0) is 0 Å². The molecule has 0 saturated heterocycles. The van der Waals surface area contributed by atoms with Crippen molar-refractivity contribution in [3.63, 3.8) is 0 Å². The molecule has 2 rings (SSSR count). The van der Waals surface area contributed by atoms with E-state index in [9.17, 15) is 5.11 Å². The fraction of sp³-hybridized carbons (Fsp3) is 0. The number of fused-ring (bicyclic) bond motifs is 1. The smallest absolute Gasteiger partial charge is 0.179 e. The lowest BCUT2D eigenvalue weighted by molar-refractivity contribution is 0.477. The Morgan fingerprint density at radius 3 is 2.77 bits per heavy atom. The van der Waals surface area contributed by atoms with E-state index in [0.717, 1.165) is 0 Å². The number of aromatic hydroxyl groups is 1. The zero-order chi connectivity index (χ0) is 7.84. The highest BCUT2D eigenvalue weighted by Gasteiger charge is 2.00. The summed E-state index contributed by atoms with van der Waals surface area (Å²) in [6.07, 6.45) is 5.01. The molecular formula is C7H7Cl3N2O. The second kappa shape index (κ2) is 4.56. The van der Waals surface area contributed by atoms with Gasteiger partial charge in [0.05, 0.1) is 5.02 Å². The van der Waals surface area contributed by atoms with Crippen LogP contribution in [0.4, 0.5) is 0 Å². The minimum absolute atomic E-state index is 0. The van der Waals surface area contributed by atoms with Crippen LogP contribution in [0.15, 0.2) is 24.7 Å². The molecule has 2 heterocycles. The van der Waals surface area contributed by atoms with Crippen LogP contribution in [0.1, 0.15) is 0 Å². The van der Waals surface area contributed by atoms with E-state index in [-0.39, 0.29) is 30.6 Å². The first-order valence-electron chi connectivity index (χ1n) is 3.08. The Hall–Kier alpha value is -0.640. The molecule has 1 N–H and O–H groups in total. The molecule has 0 bridgehead atoms. The van der Waals surface area contributed by atoms with E-state index in [2.05, 4.69) is 4.98 Å². The third-order valence-corrected chi connectivity index (χ3v) is 1.64. The molecule has 0 unspecified atom stereocenters. The molecule has 2 aromatic rings. The first-order valence-corrected chi connectivity index (χ1v) is 3.46. The third-order valence-electron chi connectivity index (χ3n) is 1.43. The molecule has 2 aromatic heterocycles. The quantitative estimate of drug-likeness (QED) is 0.770. The van der Waals surface area contributed by atoms with Crippen LogP contribution < -0.4 is 0 Å². The van der Waals surface area contributed by atoms with Crippen molar-refractivity contribution in [3.8, 4) is 5.75 Å². The second-order valence-corrected chi connectivity index (χ2v) is 2.64. The summed E-state index contributed by atoms with van der Waals surface area (Å²) in [6.45, 7) is 0. The highest BCUT2D eigenvalue weighted by molar-refractivity contribution is 6.30. The molecule has 0 fully saturated rings. The summed E-state index contributed by atoms with van der Waals surface area (Å²) in [5.41, 5.74) is 0.523. The highest BCUT2D eigenvalue weighted by Crippen LogP contribution is 2.20. The molecule has 0 aliphatic rings. The Morgan fingerprint density at radius 2 is 2.08 bits per heavy atom. The molecule has 0 saturated carbocycles. The summed E-state index contributed by atoms with van der Waals surface area (Å²) >= 11 is 5.67. The van der Waals surface area contributed by atoms with Gasteiger partial charge in [-0.25, -0.2) is 4.98 Å². The van der Waals surface area contributed by atoms with Gasteiger partial charge in [-0.15, -0.1) is 24.8 Å². The van der Waals surface area contributed by atoms with Gasteiger partial charge in [0.1, 0.15) is 0 Å². The molecule has 0 aromatic carbocycles. The van der Waals surface area contributed by atoms with Gasteiger partial charge >= 0.3 is 0 Å². The maximum atomic E-state index is 9.27. The normalized spacial score (nSPS) is 9.00. The summed E-state index contributed by atoms with van der Waals surface area (Å²) in [6, 6.07) is 1.46. The number of halogens is 3. The molecule has 0 radical (unpaired) electrons.